The summed E-state index contributed by atoms with van der Waals surface area (Å²) in [4.78, 5) is 0. The Morgan fingerprint density at radius 2 is 1.87 bits per heavy atom. The van der Waals surface area contributed by atoms with Crippen LogP contribution in [-0.2, 0) is 0 Å². The standard InChI is InChI=1S/C15H18/c1-3-12(4-2)10-14-11-15(14)13-8-6-5-7-9-13/h5-9,15H,3-4,11H2,1-2H3/t15-/m0/s1. The third kappa shape index (κ3) is 2.40. The van der Waals surface area contributed by atoms with Crippen LogP contribution >= 0.6 is 0 Å². The molecular weight excluding hydrogens is 180 g/mol. The van der Waals surface area contributed by atoms with Gasteiger partial charge < -0.3 is 0 Å². The van der Waals surface area contributed by atoms with Crippen molar-refractivity contribution in [2.45, 2.75) is 39.0 Å². The van der Waals surface area contributed by atoms with Crippen molar-refractivity contribution in [3.05, 3.63) is 52.8 Å². The summed E-state index contributed by atoms with van der Waals surface area (Å²) in [6.45, 7) is 4.43. The van der Waals surface area contributed by atoms with Gasteiger partial charge in [-0.3, -0.25) is 0 Å². The van der Waals surface area contributed by atoms with Crippen LogP contribution in [-0.4, -0.2) is 0 Å². The molecule has 0 heteroatoms. The summed E-state index contributed by atoms with van der Waals surface area (Å²) in [5.41, 5.74) is 7.98. The molecule has 0 nitrogen and oxygen atoms in total. The van der Waals surface area contributed by atoms with Gasteiger partial charge in [0.1, 0.15) is 0 Å². The van der Waals surface area contributed by atoms with E-state index in [1.807, 2.05) is 0 Å². The summed E-state index contributed by atoms with van der Waals surface area (Å²) < 4.78 is 0. The van der Waals surface area contributed by atoms with Crippen molar-refractivity contribution in [2.75, 3.05) is 0 Å². The highest BCUT2D eigenvalue weighted by Gasteiger charge is 2.30. The molecule has 1 aromatic rings. The molecule has 0 aromatic heterocycles. The molecule has 1 saturated carbocycles. The summed E-state index contributed by atoms with van der Waals surface area (Å²) in [7, 11) is 0. The van der Waals surface area contributed by atoms with Crippen molar-refractivity contribution in [1.82, 2.24) is 0 Å². The van der Waals surface area contributed by atoms with Crippen molar-refractivity contribution in [1.29, 1.82) is 0 Å². The zero-order valence-electron chi connectivity index (χ0n) is 9.59. The SMILES string of the molecule is CCC(=C=C1C[C@H]1c1ccccc1)CC. The van der Waals surface area contributed by atoms with E-state index < -0.39 is 0 Å². The van der Waals surface area contributed by atoms with Crippen LogP contribution in [0, 0.1) is 0 Å². The van der Waals surface area contributed by atoms with Gasteiger partial charge in [-0.1, -0.05) is 44.2 Å². The molecule has 0 N–H and O–H groups in total. The summed E-state index contributed by atoms with van der Waals surface area (Å²) in [6.07, 6.45) is 3.50. The van der Waals surface area contributed by atoms with Gasteiger partial charge in [-0.25, -0.2) is 0 Å². The zero-order chi connectivity index (χ0) is 10.7. The number of hydrogen-bond acceptors (Lipinski definition) is 0. The predicted octanol–water partition coefficient (Wildman–Crippen LogP) is 4.45. The Bertz CT molecular complexity index is 385. The van der Waals surface area contributed by atoms with Crippen molar-refractivity contribution < 1.29 is 0 Å². The maximum atomic E-state index is 3.57. The molecule has 0 bridgehead atoms. The third-order valence-corrected chi connectivity index (χ3v) is 3.08. The Morgan fingerprint density at radius 1 is 1.20 bits per heavy atom. The molecule has 0 amide bonds. The van der Waals surface area contributed by atoms with Crippen molar-refractivity contribution >= 4 is 0 Å². The van der Waals surface area contributed by atoms with Crippen LogP contribution in [0.15, 0.2) is 47.2 Å². The lowest BCUT2D eigenvalue weighted by Gasteiger charge is -1.94. The minimum Gasteiger partial charge on any atom is -0.122 e. The zero-order valence-corrected chi connectivity index (χ0v) is 9.59. The minimum absolute atomic E-state index is 0.666. The third-order valence-electron chi connectivity index (χ3n) is 3.08. The Balaban J connectivity index is 2.18. The second-order valence-corrected chi connectivity index (χ2v) is 4.13. The summed E-state index contributed by atoms with van der Waals surface area (Å²) in [5, 5.41) is 0. The molecule has 2 rings (SSSR count). The van der Waals surface area contributed by atoms with Crippen molar-refractivity contribution in [3.8, 4) is 0 Å². The van der Waals surface area contributed by atoms with E-state index in [1.165, 1.54) is 23.1 Å². The molecule has 0 radical (unpaired) electrons. The molecule has 1 aliphatic rings. The van der Waals surface area contributed by atoms with E-state index in [0.717, 1.165) is 12.8 Å². The van der Waals surface area contributed by atoms with E-state index in [1.54, 1.807) is 0 Å². The summed E-state index contributed by atoms with van der Waals surface area (Å²) in [6, 6.07) is 10.8. The molecule has 0 heterocycles. The van der Waals surface area contributed by atoms with Crippen LogP contribution in [0.4, 0.5) is 0 Å². The fourth-order valence-corrected chi connectivity index (χ4v) is 1.96. The fourth-order valence-electron chi connectivity index (χ4n) is 1.96. The average molecular weight is 198 g/mol. The van der Waals surface area contributed by atoms with Crippen LogP contribution in [0.25, 0.3) is 0 Å². The number of rotatable bonds is 3. The largest absolute Gasteiger partial charge is 0.122 e. The Hall–Kier alpha value is -1.26. The molecule has 1 aliphatic carbocycles. The van der Waals surface area contributed by atoms with Gasteiger partial charge in [-0.05, 0) is 36.0 Å². The van der Waals surface area contributed by atoms with Gasteiger partial charge in [0, 0.05) is 5.92 Å². The van der Waals surface area contributed by atoms with E-state index in [9.17, 15) is 0 Å². The first-order valence-electron chi connectivity index (χ1n) is 5.87. The van der Waals surface area contributed by atoms with Crippen molar-refractivity contribution in [2.24, 2.45) is 0 Å². The van der Waals surface area contributed by atoms with Gasteiger partial charge in [0.25, 0.3) is 0 Å². The molecule has 1 aromatic carbocycles. The van der Waals surface area contributed by atoms with Gasteiger partial charge in [0.2, 0.25) is 0 Å². The topological polar surface area (TPSA) is 0 Å². The molecule has 1 atom stereocenters. The van der Waals surface area contributed by atoms with Gasteiger partial charge >= 0.3 is 0 Å². The van der Waals surface area contributed by atoms with Crippen LogP contribution in [0.3, 0.4) is 0 Å². The number of benzene rings is 1. The van der Waals surface area contributed by atoms with E-state index >= 15 is 0 Å². The summed E-state index contributed by atoms with van der Waals surface area (Å²) in [5.74, 6) is 0.666. The van der Waals surface area contributed by atoms with Gasteiger partial charge in [-0.2, -0.15) is 0 Å². The average Bonchev–Trinajstić information content (AvgIpc) is 3.06. The quantitative estimate of drug-likeness (QED) is 0.630. The van der Waals surface area contributed by atoms with E-state index in [2.05, 4.69) is 49.9 Å². The van der Waals surface area contributed by atoms with Crippen molar-refractivity contribution in [3.63, 3.8) is 0 Å². The Kier molecular flexibility index (Phi) is 3.08. The first-order chi connectivity index (χ1) is 7.35. The van der Waals surface area contributed by atoms with Crippen LogP contribution in [0.1, 0.15) is 44.6 Å². The van der Waals surface area contributed by atoms with E-state index in [-0.39, 0.29) is 0 Å². The molecule has 15 heavy (non-hydrogen) atoms. The Labute approximate surface area is 92.3 Å². The monoisotopic (exact) mass is 198 g/mol. The lowest BCUT2D eigenvalue weighted by molar-refractivity contribution is 0.981. The first-order valence-corrected chi connectivity index (χ1v) is 5.87. The Morgan fingerprint density at radius 3 is 2.47 bits per heavy atom. The van der Waals surface area contributed by atoms with Crippen LogP contribution in [0.2, 0.25) is 0 Å². The second-order valence-electron chi connectivity index (χ2n) is 4.13. The van der Waals surface area contributed by atoms with E-state index in [4.69, 9.17) is 0 Å². The summed E-state index contributed by atoms with van der Waals surface area (Å²) >= 11 is 0. The van der Waals surface area contributed by atoms with Crippen LogP contribution in [0.5, 0.6) is 0 Å². The molecule has 0 spiro atoms. The van der Waals surface area contributed by atoms with Gasteiger partial charge in [0.15, 0.2) is 0 Å². The molecule has 0 unspecified atom stereocenters. The molecule has 0 aliphatic heterocycles. The highest BCUT2D eigenvalue weighted by molar-refractivity contribution is 5.41. The van der Waals surface area contributed by atoms with Gasteiger partial charge in [-0.15, -0.1) is 5.73 Å². The predicted molar refractivity (Wildman–Crippen MR) is 64.9 cm³/mol. The lowest BCUT2D eigenvalue weighted by Crippen LogP contribution is -1.76. The first kappa shape index (κ1) is 10.3. The second kappa shape index (κ2) is 4.51. The van der Waals surface area contributed by atoms with Gasteiger partial charge in [0.05, 0.1) is 0 Å². The maximum Gasteiger partial charge on any atom is 0.0168 e. The number of allylic oxidation sites excluding steroid dienone is 1. The molecule has 78 valence electrons. The minimum atomic E-state index is 0.666. The highest BCUT2D eigenvalue weighted by Crippen LogP contribution is 2.46. The normalized spacial score (nSPS) is 18.5. The smallest absolute Gasteiger partial charge is 0.0168 e. The number of hydrogen-bond donors (Lipinski definition) is 0. The van der Waals surface area contributed by atoms with E-state index in [0.29, 0.717) is 5.92 Å². The maximum absolute atomic E-state index is 3.57. The molecular formula is C15H18. The highest BCUT2D eigenvalue weighted by atomic mass is 14.3. The molecule has 1 fully saturated rings. The lowest BCUT2D eigenvalue weighted by atomic mass is 10.1. The molecule has 0 saturated heterocycles. The van der Waals surface area contributed by atoms with Crippen LogP contribution < -0.4 is 0 Å². The fraction of sp³-hybridized carbons (Fsp3) is 0.400.